The van der Waals surface area contributed by atoms with Crippen molar-refractivity contribution in [1.82, 2.24) is 9.97 Å². The minimum Gasteiger partial charge on any atom is -1.00 e. The van der Waals surface area contributed by atoms with Gasteiger partial charge in [0.2, 0.25) is 0 Å². The van der Waals surface area contributed by atoms with Gasteiger partial charge in [0.25, 0.3) is 0 Å². The van der Waals surface area contributed by atoms with Gasteiger partial charge >= 0.3 is 23.1 Å². The van der Waals surface area contributed by atoms with Crippen molar-refractivity contribution < 1.29 is 21.9 Å². The van der Waals surface area contributed by atoms with Crippen molar-refractivity contribution in [3.63, 3.8) is 0 Å². The van der Waals surface area contributed by atoms with Crippen molar-refractivity contribution in [2.45, 2.75) is 0 Å². The van der Waals surface area contributed by atoms with Crippen LogP contribution < -0.4 is 21.9 Å². The second kappa shape index (κ2) is 7.39. The fourth-order valence-corrected chi connectivity index (χ4v) is 0.490. The van der Waals surface area contributed by atoms with Crippen molar-refractivity contribution in [3.8, 4) is 11.9 Å². The summed E-state index contributed by atoms with van der Waals surface area (Å²) in [5.41, 5.74) is 0. The molecule has 1 aromatic rings. The number of rotatable bonds is 2. The monoisotopic (exact) mass is 198 g/mol. The predicted molar refractivity (Wildman–Crippen MR) is 39.7 cm³/mol. The van der Waals surface area contributed by atoms with Crippen molar-refractivity contribution >= 4 is 23.1 Å². The van der Waals surface area contributed by atoms with E-state index in [0.29, 0.717) is 5.88 Å². The Balaban J connectivity index is 0. The van der Waals surface area contributed by atoms with E-state index < -0.39 is 0 Å². The molecule has 0 aliphatic rings. The molecule has 0 aliphatic heterocycles. The van der Waals surface area contributed by atoms with Crippen molar-refractivity contribution in [2.75, 3.05) is 14.2 Å². The summed E-state index contributed by atoms with van der Waals surface area (Å²) in [6, 6.07) is 1.79. The molecule has 4 nitrogen and oxygen atoms in total. The van der Waals surface area contributed by atoms with E-state index in [4.69, 9.17) is 9.47 Å². The van der Waals surface area contributed by atoms with E-state index in [9.17, 15) is 0 Å². The van der Waals surface area contributed by atoms with Crippen LogP contribution in [0.25, 0.3) is 0 Å². The topological polar surface area (TPSA) is 44.2 Å². The fourth-order valence-electron chi connectivity index (χ4n) is 0.490. The molecule has 0 radical (unpaired) electrons. The zero-order chi connectivity index (χ0) is 7.40. The third kappa shape index (κ3) is 3.94. The number of halogens is 1. The van der Waals surface area contributed by atoms with Crippen LogP contribution in [0.15, 0.2) is 6.07 Å². The predicted octanol–water partition coefficient (Wildman–Crippen LogP) is -3.08. The molecule has 0 atom stereocenters. The molecule has 0 spiro atoms. The molecule has 0 saturated heterocycles. The molecule has 0 saturated carbocycles. The largest absolute Gasteiger partial charge is 2.00 e. The summed E-state index contributed by atoms with van der Waals surface area (Å²) in [6.07, 6.45) is 2.57. The number of methoxy groups -OCH3 is 2. The molecule has 0 fully saturated rings. The molecule has 1 heterocycles. The molecule has 0 amide bonds. The maximum absolute atomic E-state index is 4.79. The molecule has 0 N–H and O–H groups in total. The molecule has 1 rings (SSSR count). The summed E-state index contributed by atoms with van der Waals surface area (Å²) in [5.74, 6) is 0.451. The van der Waals surface area contributed by atoms with Crippen LogP contribution in [0.4, 0.5) is 0 Å². The summed E-state index contributed by atoms with van der Waals surface area (Å²) >= 11 is 0. The summed E-state index contributed by atoms with van der Waals surface area (Å²) in [5, 5.41) is 0. The Hall–Kier alpha value is -0.264. The van der Waals surface area contributed by atoms with E-state index in [0.717, 1.165) is 0 Å². The van der Waals surface area contributed by atoms with E-state index >= 15 is 0 Å². The van der Waals surface area contributed by atoms with E-state index in [-0.39, 0.29) is 41.5 Å². The normalized spacial score (nSPS) is 7.50. The Morgan fingerprint density at radius 2 is 2.00 bits per heavy atom. The third-order valence-electron chi connectivity index (χ3n) is 0.946. The van der Waals surface area contributed by atoms with Gasteiger partial charge in [-0.2, -0.15) is 0 Å². The molecule has 0 unspecified atom stereocenters. The number of ether oxygens (including phenoxy) is 2. The zero-order valence-electron chi connectivity index (χ0n) is 6.87. The molecule has 12 heavy (non-hydrogen) atoms. The van der Waals surface area contributed by atoms with Gasteiger partial charge in [0.1, 0.15) is 5.88 Å². The van der Waals surface area contributed by atoms with Crippen LogP contribution >= 0.6 is 0 Å². The first-order valence-corrected chi connectivity index (χ1v) is 2.70. The molecular weight excluding hydrogens is 192 g/mol. The maximum Gasteiger partial charge on any atom is 2.00 e. The van der Waals surface area contributed by atoms with E-state index in [1.165, 1.54) is 20.3 Å². The minimum atomic E-state index is 0. The van der Waals surface area contributed by atoms with Crippen molar-refractivity contribution in [1.29, 1.82) is 0 Å². The van der Waals surface area contributed by atoms with Crippen LogP contribution in [-0.2, 0) is 0 Å². The van der Waals surface area contributed by atoms with Gasteiger partial charge in [-0.05, 0) is 0 Å². The van der Waals surface area contributed by atoms with Crippen LogP contribution in [0, 0.1) is 6.20 Å². The first-order chi connectivity index (χ1) is 4.86. The third-order valence-corrected chi connectivity index (χ3v) is 0.946. The van der Waals surface area contributed by atoms with Gasteiger partial charge in [0.15, 0.2) is 6.01 Å². The Morgan fingerprint density at radius 3 is 2.50 bits per heavy atom. The Morgan fingerprint density at radius 1 is 1.33 bits per heavy atom. The maximum atomic E-state index is 4.79. The fraction of sp³-hybridized carbons (Fsp3) is 0.333. The number of hydrogen-bond acceptors (Lipinski definition) is 4. The van der Waals surface area contributed by atoms with E-state index in [1.807, 2.05) is 0 Å². The molecule has 0 aliphatic carbocycles. The smallest absolute Gasteiger partial charge is 1.00 e. The minimum absolute atomic E-state index is 0. The van der Waals surface area contributed by atoms with Crippen molar-refractivity contribution in [2.24, 2.45) is 0 Å². The molecule has 0 bridgehead atoms. The average Bonchev–Trinajstić information content (AvgIpc) is 2.05. The second-order valence-corrected chi connectivity index (χ2v) is 1.53. The van der Waals surface area contributed by atoms with Crippen LogP contribution in [0.3, 0.4) is 0 Å². The van der Waals surface area contributed by atoms with Gasteiger partial charge in [-0.15, -0.1) is 0 Å². The van der Waals surface area contributed by atoms with Crippen LogP contribution in [0.2, 0.25) is 0 Å². The number of nitrogens with zero attached hydrogens (tertiary/aromatic N) is 2. The first kappa shape index (κ1) is 14.3. The Bertz CT molecular complexity index is 205. The van der Waals surface area contributed by atoms with Crippen LogP contribution in [0.1, 0.15) is 0 Å². The number of hydrogen-bond donors (Lipinski definition) is 0. The molecule has 1 aromatic heterocycles. The molecule has 0 aromatic carbocycles. The Labute approximate surface area is 93.3 Å². The number of aromatic nitrogens is 2. The van der Waals surface area contributed by atoms with Gasteiger partial charge in [-0.3, -0.25) is 4.98 Å². The van der Waals surface area contributed by atoms with Gasteiger partial charge in [0.05, 0.1) is 14.2 Å². The molecular formula is C6H7ClMgN2O2. The van der Waals surface area contributed by atoms with Crippen molar-refractivity contribution in [3.05, 3.63) is 12.3 Å². The van der Waals surface area contributed by atoms with Gasteiger partial charge < -0.3 is 26.9 Å². The zero-order valence-corrected chi connectivity index (χ0v) is 9.04. The van der Waals surface area contributed by atoms with Gasteiger partial charge in [-0.25, -0.2) is 0 Å². The van der Waals surface area contributed by atoms with E-state index in [2.05, 4.69) is 16.2 Å². The summed E-state index contributed by atoms with van der Waals surface area (Å²) in [6.45, 7) is 0. The second-order valence-electron chi connectivity index (χ2n) is 1.53. The summed E-state index contributed by atoms with van der Waals surface area (Å²) < 4.78 is 9.52. The summed E-state index contributed by atoms with van der Waals surface area (Å²) in [7, 11) is 3.01. The van der Waals surface area contributed by atoms with Crippen LogP contribution in [-0.4, -0.2) is 47.2 Å². The SMILES string of the molecule is COc1c[c-]nc(OC)n1.[Cl-].[Mg+2]. The average molecular weight is 199 g/mol. The van der Waals surface area contributed by atoms with Gasteiger partial charge in [0, 0.05) is 0 Å². The summed E-state index contributed by atoms with van der Waals surface area (Å²) in [4.78, 5) is 7.49. The molecule has 6 heteroatoms. The Kier molecular flexibility index (Phi) is 8.79. The van der Waals surface area contributed by atoms with Crippen LogP contribution in [0.5, 0.6) is 11.9 Å². The molecule has 62 valence electrons. The van der Waals surface area contributed by atoms with E-state index in [1.54, 1.807) is 0 Å². The quantitative estimate of drug-likeness (QED) is 0.374. The van der Waals surface area contributed by atoms with Gasteiger partial charge in [-0.1, -0.05) is 12.3 Å². The first-order valence-electron chi connectivity index (χ1n) is 2.70. The standard InChI is InChI=1S/C6H7N2O2.ClH.Mg/c1-9-5-3-4-7-6(8-5)10-2;;/h3H,1-2H3;1H;/q-1;;+2/p-1.